The summed E-state index contributed by atoms with van der Waals surface area (Å²) < 4.78 is 2.04. The topological polar surface area (TPSA) is 62.7 Å². The molecule has 0 saturated carbocycles. The Balaban J connectivity index is 1.25. The van der Waals surface area contributed by atoms with Crippen molar-refractivity contribution < 1.29 is 4.79 Å². The fourth-order valence-corrected chi connectivity index (χ4v) is 3.68. The van der Waals surface area contributed by atoms with Crippen LogP contribution in [0.2, 0.25) is 0 Å². The number of H-pyrrole nitrogens is 1. The maximum absolute atomic E-state index is 12.4. The highest BCUT2D eigenvalue weighted by atomic mass is 16.1. The number of carbonyl (C=O) groups excluding carboxylic acids is 1. The van der Waals surface area contributed by atoms with Crippen LogP contribution in [0, 0.1) is 0 Å². The van der Waals surface area contributed by atoms with Crippen molar-refractivity contribution in [3.8, 4) is 5.69 Å². The number of aromatic nitrogens is 3. The van der Waals surface area contributed by atoms with Gasteiger partial charge in [0.05, 0.1) is 11.0 Å². The summed E-state index contributed by atoms with van der Waals surface area (Å²) in [5.41, 5.74) is 6.09. The normalized spacial score (nSPS) is 11.2. The highest BCUT2D eigenvalue weighted by Gasteiger charge is 2.08. The second-order valence-electron chi connectivity index (χ2n) is 7.06. The molecule has 5 heteroatoms. The summed E-state index contributed by atoms with van der Waals surface area (Å²) in [6, 6.07) is 24.0. The predicted octanol–water partition coefficient (Wildman–Crippen LogP) is 5.08. The molecule has 2 heterocycles. The highest BCUT2D eigenvalue weighted by molar-refractivity contribution is 5.91. The van der Waals surface area contributed by atoms with Crippen molar-refractivity contribution >= 4 is 33.5 Å². The molecular formula is C24H20N4O. The number of imidazole rings is 1. The van der Waals surface area contributed by atoms with E-state index >= 15 is 0 Å². The van der Waals surface area contributed by atoms with Gasteiger partial charge in [-0.05, 0) is 54.4 Å². The van der Waals surface area contributed by atoms with Gasteiger partial charge in [0.1, 0.15) is 6.33 Å². The summed E-state index contributed by atoms with van der Waals surface area (Å²) in [7, 11) is 0. The van der Waals surface area contributed by atoms with Crippen LogP contribution in [-0.2, 0) is 11.2 Å². The molecule has 0 aliphatic carbocycles. The number of hydrogen-bond acceptors (Lipinski definition) is 2. The molecule has 5 aromatic rings. The first-order chi connectivity index (χ1) is 14.3. The van der Waals surface area contributed by atoms with Crippen molar-refractivity contribution in [2.45, 2.75) is 12.8 Å². The zero-order valence-electron chi connectivity index (χ0n) is 15.8. The second-order valence-corrected chi connectivity index (χ2v) is 7.06. The Kier molecular flexibility index (Phi) is 4.33. The van der Waals surface area contributed by atoms with Gasteiger partial charge in [-0.2, -0.15) is 0 Å². The minimum atomic E-state index is 0.0103. The Bertz CT molecular complexity index is 1300. The average Bonchev–Trinajstić information content (AvgIpc) is 3.37. The fraction of sp³-hybridized carbons (Fsp3) is 0.0833. The van der Waals surface area contributed by atoms with E-state index in [1.54, 1.807) is 0 Å². The smallest absolute Gasteiger partial charge is 0.224 e. The number of rotatable bonds is 5. The zero-order valence-corrected chi connectivity index (χ0v) is 15.8. The van der Waals surface area contributed by atoms with E-state index in [1.807, 2.05) is 83.8 Å². The molecule has 0 aliphatic heterocycles. The van der Waals surface area contributed by atoms with Crippen molar-refractivity contribution in [2.75, 3.05) is 5.32 Å². The number of amides is 1. The Morgan fingerprint density at radius 2 is 1.76 bits per heavy atom. The number of para-hydroxylation sites is 3. The summed E-state index contributed by atoms with van der Waals surface area (Å²) in [6.45, 7) is 0. The Morgan fingerprint density at radius 3 is 2.66 bits per heavy atom. The molecule has 1 amide bonds. The third-order valence-electron chi connectivity index (χ3n) is 5.18. The molecule has 0 radical (unpaired) electrons. The second kappa shape index (κ2) is 7.28. The van der Waals surface area contributed by atoms with Gasteiger partial charge < -0.3 is 10.3 Å². The lowest BCUT2D eigenvalue weighted by Gasteiger charge is -2.08. The predicted molar refractivity (Wildman–Crippen MR) is 116 cm³/mol. The Morgan fingerprint density at radius 1 is 0.966 bits per heavy atom. The van der Waals surface area contributed by atoms with E-state index in [4.69, 9.17) is 0 Å². The molecule has 0 saturated heterocycles. The molecule has 0 bridgehead atoms. The molecule has 2 N–H and O–H groups in total. The number of carbonyl (C=O) groups is 1. The van der Waals surface area contributed by atoms with Gasteiger partial charge in [0.2, 0.25) is 5.91 Å². The van der Waals surface area contributed by atoms with Crippen molar-refractivity contribution in [3.63, 3.8) is 0 Å². The third-order valence-corrected chi connectivity index (χ3v) is 5.18. The molecule has 0 atom stereocenters. The molecule has 29 heavy (non-hydrogen) atoms. The molecule has 0 fully saturated rings. The fourth-order valence-electron chi connectivity index (χ4n) is 3.68. The molecule has 0 aliphatic rings. The van der Waals surface area contributed by atoms with Gasteiger partial charge in [-0.15, -0.1) is 0 Å². The lowest BCUT2D eigenvalue weighted by molar-refractivity contribution is -0.116. The minimum Gasteiger partial charge on any atom is -0.361 e. The molecule has 0 unspecified atom stereocenters. The van der Waals surface area contributed by atoms with Gasteiger partial charge in [0.25, 0.3) is 0 Å². The van der Waals surface area contributed by atoms with Crippen LogP contribution in [0.3, 0.4) is 0 Å². The summed E-state index contributed by atoms with van der Waals surface area (Å²) in [5.74, 6) is 0.0103. The van der Waals surface area contributed by atoms with Crippen LogP contribution in [0.4, 0.5) is 5.69 Å². The molecule has 142 valence electrons. The van der Waals surface area contributed by atoms with E-state index < -0.39 is 0 Å². The van der Waals surface area contributed by atoms with Gasteiger partial charge in [-0.1, -0.05) is 30.3 Å². The van der Waals surface area contributed by atoms with Crippen molar-refractivity contribution in [1.82, 2.24) is 14.5 Å². The standard InChI is InChI=1S/C24H20N4O/c29-24(14-9-17-15-25-21-6-2-1-5-20(17)21)27-18-10-12-19(13-11-18)28-16-26-22-7-3-4-8-23(22)28/h1-8,10-13,15-16,25H,9,14H2,(H,27,29). The number of fused-ring (bicyclic) bond motifs is 2. The van der Waals surface area contributed by atoms with Crippen LogP contribution >= 0.6 is 0 Å². The molecule has 0 spiro atoms. The SMILES string of the molecule is O=C(CCc1c[nH]c2ccccc12)Nc1ccc(-n2cnc3ccccc32)cc1. The van der Waals surface area contributed by atoms with Crippen LogP contribution in [-0.4, -0.2) is 20.4 Å². The lowest BCUT2D eigenvalue weighted by atomic mass is 10.1. The number of anilines is 1. The summed E-state index contributed by atoms with van der Waals surface area (Å²) >= 11 is 0. The van der Waals surface area contributed by atoms with Gasteiger partial charge >= 0.3 is 0 Å². The molecular weight excluding hydrogens is 360 g/mol. The van der Waals surface area contributed by atoms with E-state index in [-0.39, 0.29) is 5.91 Å². The summed E-state index contributed by atoms with van der Waals surface area (Å²) in [4.78, 5) is 20.1. The van der Waals surface area contributed by atoms with Crippen molar-refractivity contribution in [3.05, 3.63) is 90.9 Å². The molecule has 2 aromatic heterocycles. The molecule has 3 aromatic carbocycles. The number of nitrogens with zero attached hydrogens (tertiary/aromatic N) is 2. The first-order valence-electron chi connectivity index (χ1n) is 9.65. The maximum Gasteiger partial charge on any atom is 0.224 e. The third kappa shape index (κ3) is 3.38. The number of aromatic amines is 1. The van der Waals surface area contributed by atoms with Gasteiger partial charge in [-0.3, -0.25) is 9.36 Å². The Hall–Kier alpha value is -3.86. The van der Waals surface area contributed by atoms with E-state index in [9.17, 15) is 4.79 Å². The number of benzene rings is 3. The van der Waals surface area contributed by atoms with Gasteiger partial charge in [0, 0.05) is 34.9 Å². The largest absolute Gasteiger partial charge is 0.361 e. The van der Waals surface area contributed by atoms with E-state index in [2.05, 4.69) is 21.4 Å². The summed E-state index contributed by atoms with van der Waals surface area (Å²) in [5, 5.41) is 4.17. The first-order valence-corrected chi connectivity index (χ1v) is 9.65. The van der Waals surface area contributed by atoms with Gasteiger partial charge in [-0.25, -0.2) is 4.98 Å². The number of nitrogens with one attached hydrogen (secondary N) is 2. The summed E-state index contributed by atoms with van der Waals surface area (Å²) in [6.07, 6.45) is 4.95. The van der Waals surface area contributed by atoms with E-state index in [0.29, 0.717) is 12.8 Å². The maximum atomic E-state index is 12.4. The first kappa shape index (κ1) is 17.3. The molecule has 5 rings (SSSR count). The van der Waals surface area contributed by atoms with Crippen LogP contribution in [0.15, 0.2) is 85.3 Å². The average molecular weight is 380 g/mol. The van der Waals surface area contributed by atoms with E-state index in [1.165, 1.54) is 5.39 Å². The van der Waals surface area contributed by atoms with Crippen molar-refractivity contribution in [1.29, 1.82) is 0 Å². The van der Waals surface area contributed by atoms with Crippen LogP contribution < -0.4 is 5.32 Å². The van der Waals surface area contributed by atoms with Crippen molar-refractivity contribution in [2.24, 2.45) is 0 Å². The van der Waals surface area contributed by atoms with Crippen LogP contribution in [0.5, 0.6) is 0 Å². The van der Waals surface area contributed by atoms with Crippen LogP contribution in [0.25, 0.3) is 27.6 Å². The lowest BCUT2D eigenvalue weighted by Crippen LogP contribution is -2.12. The highest BCUT2D eigenvalue weighted by Crippen LogP contribution is 2.21. The monoisotopic (exact) mass is 380 g/mol. The number of hydrogen-bond donors (Lipinski definition) is 2. The van der Waals surface area contributed by atoms with Crippen LogP contribution in [0.1, 0.15) is 12.0 Å². The minimum absolute atomic E-state index is 0.0103. The van der Waals surface area contributed by atoms with Gasteiger partial charge in [0.15, 0.2) is 0 Å². The Labute approximate surface area is 168 Å². The number of aryl methyl sites for hydroxylation is 1. The zero-order chi connectivity index (χ0) is 19.6. The molecule has 5 nitrogen and oxygen atoms in total. The van der Waals surface area contributed by atoms with E-state index in [0.717, 1.165) is 33.5 Å². The quantitative estimate of drug-likeness (QED) is 0.447.